The first-order valence-electron chi connectivity index (χ1n) is 7.30. The van der Waals surface area contributed by atoms with E-state index in [2.05, 4.69) is 12.2 Å². The van der Waals surface area contributed by atoms with Crippen molar-refractivity contribution in [3.05, 3.63) is 35.1 Å². The number of piperidine rings is 1. The zero-order chi connectivity index (χ0) is 14.7. The molecule has 2 unspecified atom stereocenters. The standard InChI is InChI=1S/C16H23FN2O/c1-4-12-10-19(9-8-14(12)18-3)16(20)13-7-5-6-11(2)15(13)17/h5-7,12,14,18H,4,8-10H2,1-3H3. The monoisotopic (exact) mass is 278 g/mol. The van der Waals surface area contributed by atoms with Crippen LogP contribution in [-0.4, -0.2) is 37.0 Å². The molecule has 20 heavy (non-hydrogen) atoms. The molecule has 0 aliphatic carbocycles. The first-order chi connectivity index (χ1) is 9.58. The maximum absolute atomic E-state index is 14.1. The van der Waals surface area contributed by atoms with Crippen molar-refractivity contribution in [1.82, 2.24) is 10.2 Å². The van der Waals surface area contributed by atoms with Crippen LogP contribution in [-0.2, 0) is 0 Å². The number of aryl methyl sites for hydroxylation is 1. The highest BCUT2D eigenvalue weighted by molar-refractivity contribution is 5.94. The molecule has 0 radical (unpaired) electrons. The molecule has 0 bridgehead atoms. The molecule has 1 aromatic carbocycles. The van der Waals surface area contributed by atoms with E-state index < -0.39 is 0 Å². The Morgan fingerprint density at radius 1 is 1.50 bits per heavy atom. The van der Waals surface area contributed by atoms with E-state index >= 15 is 0 Å². The maximum atomic E-state index is 14.1. The van der Waals surface area contributed by atoms with Crippen LogP contribution in [0.1, 0.15) is 35.7 Å². The molecule has 1 fully saturated rings. The third kappa shape index (κ3) is 2.85. The van der Waals surface area contributed by atoms with E-state index in [-0.39, 0.29) is 17.3 Å². The molecule has 1 saturated heterocycles. The van der Waals surface area contributed by atoms with Crippen molar-refractivity contribution in [3.8, 4) is 0 Å². The van der Waals surface area contributed by atoms with Crippen LogP contribution in [0.5, 0.6) is 0 Å². The Morgan fingerprint density at radius 3 is 2.90 bits per heavy atom. The predicted octanol–water partition coefficient (Wildman–Crippen LogP) is 2.59. The Labute approximate surface area is 120 Å². The number of carbonyl (C=O) groups excluding carboxylic acids is 1. The SMILES string of the molecule is CCC1CN(C(=O)c2cccc(C)c2F)CCC1NC. The smallest absolute Gasteiger partial charge is 0.256 e. The van der Waals surface area contributed by atoms with Gasteiger partial charge in [0.1, 0.15) is 5.82 Å². The molecule has 1 N–H and O–H groups in total. The molecule has 1 aromatic rings. The number of carbonyl (C=O) groups is 1. The number of nitrogens with zero attached hydrogens (tertiary/aromatic N) is 1. The lowest BCUT2D eigenvalue weighted by molar-refractivity contribution is 0.0627. The summed E-state index contributed by atoms with van der Waals surface area (Å²) in [7, 11) is 1.96. The summed E-state index contributed by atoms with van der Waals surface area (Å²) >= 11 is 0. The number of rotatable bonds is 3. The Bertz CT molecular complexity index is 489. The Hall–Kier alpha value is -1.42. The first kappa shape index (κ1) is 15.0. The fraction of sp³-hybridized carbons (Fsp3) is 0.562. The quantitative estimate of drug-likeness (QED) is 0.921. The zero-order valence-electron chi connectivity index (χ0n) is 12.4. The van der Waals surface area contributed by atoms with Crippen molar-refractivity contribution in [3.63, 3.8) is 0 Å². The minimum absolute atomic E-state index is 0.181. The minimum atomic E-state index is -0.388. The fourth-order valence-corrected chi connectivity index (χ4v) is 2.99. The molecule has 2 atom stereocenters. The number of nitrogens with one attached hydrogen (secondary N) is 1. The Balaban J connectivity index is 2.16. The van der Waals surface area contributed by atoms with Crippen LogP contribution in [0.4, 0.5) is 4.39 Å². The lowest BCUT2D eigenvalue weighted by Gasteiger charge is -2.38. The minimum Gasteiger partial charge on any atom is -0.338 e. The molecule has 110 valence electrons. The highest BCUT2D eigenvalue weighted by Gasteiger charge is 2.30. The summed E-state index contributed by atoms with van der Waals surface area (Å²) in [5.74, 6) is -0.133. The molecule has 1 aliphatic heterocycles. The number of likely N-dealkylation sites (tertiary alicyclic amines) is 1. The summed E-state index contributed by atoms with van der Waals surface area (Å²) < 4.78 is 14.1. The highest BCUT2D eigenvalue weighted by Crippen LogP contribution is 2.23. The van der Waals surface area contributed by atoms with Gasteiger partial charge in [-0.15, -0.1) is 0 Å². The second-order valence-electron chi connectivity index (χ2n) is 5.54. The normalized spacial score (nSPS) is 22.9. The fourth-order valence-electron chi connectivity index (χ4n) is 2.99. The molecule has 2 rings (SSSR count). The lowest BCUT2D eigenvalue weighted by Crippen LogP contribution is -2.50. The van der Waals surface area contributed by atoms with Gasteiger partial charge in [-0.1, -0.05) is 25.5 Å². The largest absolute Gasteiger partial charge is 0.338 e. The molecule has 1 heterocycles. The third-order valence-electron chi connectivity index (χ3n) is 4.34. The number of hydrogen-bond acceptors (Lipinski definition) is 2. The number of amides is 1. The van der Waals surface area contributed by atoms with Crippen LogP contribution < -0.4 is 5.32 Å². The van der Waals surface area contributed by atoms with E-state index in [1.165, 1.54) is 0 Å². The summed E-state index contributed by atoms with van der Waals surface area (Å²) in [6, 6.07) is 5.46. The molecule has 4 heteroatoms. The molecular weight excluding hydrogens is 255 g/mol. The van der Waals surface area contributed by atoms with E-state index in [0.717, 1.165) is 12.8 Å². The van der Waals surface area contributed by atoms with Crippen LogP contribution in [0.25, 0.3) is 0 Å². The van der Waals surface area contributed by atoms with Crippen molar-refractivity contribution >= 4 is 5.91 Å². The van der Waals surface area contributed by atoms with E-state index in [9.17, 15) is 9.18 Å². The van der Waals surface area contributed by atoms with Gasteiger partial charge in [-0.25, -0.2) is 4.39 Å². The van der Waals surface area contributed by atoms with Crippen LogP contribution in [0, 0.1) is 18.7 Å². The molecule has 0 saturated carbocycles. The van der Waals surface area contributed by atoms with Crippen molar-refractivity contribution in [2.75, 3.05) is 20.1 Å². The molecule has 0 spiro atoms. The van der Waals surface area contributed by atoms with Gasteiger partial charge in [-0.05, 0) is 37.9 Å². The summed E-state index contributed by atoms with van der Waals surface area (Å²) in [4.78, 5) is 14.3. The summed E-state index contributed by atoms with van der Waals surface area (Å²) in [6.07, 6.45) is 1.94. The third-order valence-corrected chi connectivity index (χ3v) is 4.34. The van der Waals surface area contributed by atoms with Crippen LogP contribution in [0.3, 0.4) is 0 Å². The van der Waals surface area contributed by atoms with Gasteiger partial charge in [0.25, 0.3) is 5.91 Å². The average molecular weight is 278 g/mol. The average Bonchev–Trinajstić information content (AvgIpc) is 2.48. The van der Waals surface area contributed by atoms with Gasteiger partial charge in [-0.2, -0.15) is 0 Å². The van der Waals surface area contributed by atoms with Gasteiger partial charge in [0.15, 0.2) is 0 Å². The van der Waals surface area contributed by atoms with Gasteiger partial charge >= 0.3 is 0 Å². The van der Waals surface area contributed by atoms with Gasteiger partial charge in [-0.3, -0.25) is 4.79 Å². The van der Waals surface area contributed by atoms with Gasteiger partial charge in [0.05, 0.1) is 5.56 Å². The van der Waals surface area contributed by atoms with Crippen molar-refractivity contribution in [2.24, 2.45) is 5.92 Å². The van der Waals surface area contributed by atoms with E-state index in [1.807, 2.05) is 7.05 Å². The molecule has 1 aliphatic rings. The first-order valence-corrected chi connectivity index (χ1v) is 7.30. The van der Waals surface area contributed by atoms with Crippen molar-refractivity contribution in [1.29, 1.82) is 0 Å². The Morgan fingerprint density at radius 2 is 2.25 bits per heavy atom. The van der Waals surface area contributed by atoms with Crippen molar-refractivity contribution in [2.45, 2.75) is 32.7 Å². The van der Waals surface area contributed by atoms with Crippen LogP contribution in [0.15, 0.2) is 18.2 Å². The molecule has 1 amide bonds. The summed E-state index contributed by atoms with van der Waals surface area (Å²) in [5.41, 5.74) is 0.718. The predicted molar refractivity (Wildman–Crippen MR) is 78.3 cm³/mol. The molecule has 0 aromatic heterocycles. The van der Waals surface area contributed by atoms with Gasteiger partial charge in [0.2, 0.25) is 0 Å². The van der Waals surface area contributed by atoms with Crippen LogP contribution >= 0.6 is 0 Å². The van der Waals surface area contributed by atoms with E-state index in [1.54, 1.807) is 30.0 Å². The maximum Gasteiger partial charge on any atom is 0.256 e. The Kier molecular flexibility index (Phi) is 4.76. The molecule has 3 nitrogen and oxygen atoms in total. The number of halogens is 1. The van der Waals surface area contributed by atoms with Gasteiger partial charge < -0.3 is 10.2 Å². The number of hydrogen-bond donors (Lipinski definition) is 1. The van der Waals surface area contributed by atoms with Gasteiger partial charge in [0, 0.05) is 19.1 Å². The van der Waals surface area contributed by atoms with E-state index in [4.69, 9.17) is 0 Å². The lowest BCUT2D eigenvalue weighted by atomic mass is 9.89. The topological polar surface area (TPSA) is 32.3 Å². The number of benzene rings is 1. The summed E-state index contributed by atoms with van der Waals surface area (Å²) in [5, 5.41) is 3.31. The van der Waals surface area contributed by atoms with E-state index in [0.29, 0.717) is 30.6 Å². The molecular formula is C16H23FN2O. The highest BCUT2D eigenvalue weighted by atomic mass is 19.1. The van der Waals surface area contributed by atoms with Crippen molar-refractivity contribution < 1.29 is 9.18 Å². The zero-order valence-corrected chi connectivity index (χ0v) is 12.4. The van der Waals surface area contributed by atoms with Crippen LogP contribution in [0.2, 0.25) is 0 Å². The summed E-state index contributed by atoms with van der Waals surface area (Å²) in [6.45, 7) is 5.22. The second-order valence-corrected chi connectivity index (χ2v) is 5.54. The second kappa shape index (κ2) is 6.35.